The van der Waals surface area contributed by atoms with Gasteiger partial charge in [0.05, 0.1) is 18.8 Å². The number of hydrogen-bond acceptors (Lipinski definition) is 7. The molecule has 150 valence electrons. The highest BCUT2D eigenvalue weighted by Crippen LogP contribution is 2.27. The Morgan fingerprint density at radius 3 is 2.52 bits per heavy atom. The van der Waals surface area contributed by atoms with Crippen molar-refractivity contribution in [1.82, 2.24) is 5.32 Å². The SMILES string of the molecule is O=C(NCc1ccccc1)O[C@H]1CO[C@@H]2/C(=N/OC(=O)c3ccccc3)CO[C@H]12. The predicted molar refractivity (Wildman–Crippen MR) is 102 cm³/mol. The monoisotopic (exact) mass is 396 g/mol. The van der Waals surface area contributed by atoms with E-state index in [1.54, 1.807) is 30.3 Å². The highest BCUT2D eigenvalue weighted by atomic mass is 16.7. The average molecular weight is 396 g/mol. The van der Waals surface area contributed by atoms with E-state index in [-0.39, 0.29) is 13.2 Å². The van der Waals surface area contributed by atoms with Crippen molar-refractivity contribution >= 4 is 17.8 Å². The van der Waals surface area contributed by atoms with Gasteiger partial charge >= 0.3 is 12.1 Å². The molecule has 29 heavy (non-hydrogen) atoms. The third-order valence-electron chi connectivity index (χ3n) is 4.65. The van der Waals surface area contributed by atoms with Crippen molar-refractivity contribution in [2.24, 2.45) is 5.16 Å². The zero-order valence-electron chi connectivity index (χ0n) is 15.5. The molecule has 2 aliphatic rings. The summed E-state index contributed by atoms with van der Waals surface area (Å²) in [5.41, 5.74) is 1.82. The summed E-state index contributed by atoms with van der Waals surface area (Å²) in [7, 11) is 0. The number of nitrogens with zero attached hydrogens (tertiary/aromatic N) is 1. The van der Waals surface area contributed by atoms with Crippen LogP contribution in [0.2, 0.25) is 0 Å². The van der Waals surface area contributed by atoms with Gasteiger partial charge in [0.1, 0.15) is 17.9 Å². The first-order valence-electron chi connectivity index (χ1n) is 9.25. The van der Waals surface area contributed by atoms with Crippen LogP contribution in [0.5, 0.6) is 0 Å². The highest BCUT2D eigenvalue weighted by Gasteiger charge is 2.48. The third-order valence-corrected chi connectivity index (χ3v) is 4.65. The van der Waals surface area contributed by atoms with Gasteiger partial charge in [-0.2, -0.15) is 0 Å². The lowest BCUT2D eigenvalue weighted by molar-refractivity contribution is 0.00574. The van der Waals surface area contributed by atoms with E-state index in [9.17, 15) is 9.59 Å². The first-order chi connectivity index (χ1) is 14.2. The lowest BCUT2D eigenvalue weighted by atomic mass is 10.1. The largest absolute Gasteiger partial charge is 0.441 e. The normalized spacial score (nSPS) is 24.1. The van der Waals surface area contributed by atoms with E-state index in [2.05, 4.69) is 10.5 Å². The molecule has 2 fully saturated rings. The van der Waals surface area contributed by atoms with Crippen LogP contribution in [-0.4, -0.2) is 49.3 Å². The highest BCUT2D eigenvalue weighted by molar-refractivity contribution is 5.94. The second-order valence-corrected chi connectivity index (χ2v) is 6.64. The summed E-state index contributed by atoms with van der Waals surface area (Å²) in [5, 5.41) is 6.60. The molecule has 0 spiro atoms. The Morgan fingerprint density at radius 2 is 1.76 bits per heavy atom. The van der Waals surface area contributed by atoms with Crippen LogP contribution in [0.4, 0.5) is 4.79 Å². The average Bonchev–Trinajstić information content (AvgIpc) is 3.35. The molecule has 3 atom stereocenters. The Morgan fingerprint density at radius 1 is 1.03 bits per heavy atom. The Kier molecular flexibility index (Phi) is 5.83. The Balaban J connectivity index is 1.28. The van der Waals surface area contributed by atoms with Crippen LogP contribution in [0.25, 0.3) is 0 Å². The molecule has 0 unspecified atom stereocenters. The molecule has 8 nitrogen and oxygen atoms in total. The van der Waals surface area contributed by atoms with E-state index in [1.807, 2.05) is 30.3 Å². The van der Waals surface area contributed by atoms with Crippen LogP contribution < -0.4 is 5.32 Å². The fraction of sp³-hybridized carbons (Fsp3) is 0.286. The minimum Gasteiger partial charge on any atom is -0.441 e. The number of alkyl carbamates (subject to hydrolysis) is 1. The van der Waals surface area contributed by atoms with Gasteiger partial charge in [-0.15, -0.1) is 0 Å². The molecule has 2 aliphatic heterocycles. The number of fused-ring (bicyclic) bond motifs is 1. The number of carbonyl (C=O) groups is 2. The third kappa shape index (κ3) is 4.61. The number of nitrogens with one attached hydrogen (secondary N) is 1. The Hall–Kier alpha value is -3.23. The molecule has 2 heterocycles. The van der Waals surface area contributed by atoms with Gasteiger partial charge in [0, 0.05) is 6.54 Å². The minimum atomic E-state index is -0.562. The molecular formula is C21H20N2O6. The van der Waals surface area contributed by atoms with Crippen LogP contribution in [0.1, 0.15) is 15.9 Å². The van der Waals surface area contributed by atoms with E-state index in [0.717, 1.165) is 5.56 Å². The van der Waals surface area contributed by atoms with Crippen molar-refractivity contribution in [1.29, 1.82) is 0 Å². The molecule has 0 saturated carbocycles. The van der Waals surface area contributed by atoms with Crippen LogP contribution >= 0.6 is 0 Å². The molecule has 4 rings (SSSR count). The summed E-state index contributed by atoms with van der Waals surface area (Å²) in [6.07, 6.45) is -2.10. The van der Waals surface area contributed by atoms with Crippen LogP contribution in [-0.2, 0) is 25.6 Å². The van der Waals surface area contributed by atoms with Crippen molar-refractivity contribution in [2.75, 3.05) is 13.2 Å². The van der Waals surface area contributed by atoms with Gasteiger partial charge in [0.25, 0.3) is 0 Å². The summed E-state index contributed by atoms with van der Waals surface area (Å²) in [6, 6.07) is 18.1. The van der Waals surface area contributed by atoms with E-state index >= 15 is 0 Å². The molecule has 8 heteroatoms. The summed E-state index contributed by atoms with van der Waals surface area (Å²) in [6.45, 7) is 0.687. The van der Waals surface area contributed by atoms with Crippen molar-refractivity contribution in [3.05, 3.63) is 71.8 Å². The topological polar surface area (TPSA) is 95.5 Å². The fourth-order valence-corrected chi connectivity index (χ4v) is 3.18. The van der Waals surface area contributed by atoms with Gasteiger partial charge in [-0.05, 0) is 17.7 Å². The Bertz CT molecular complexity index is 887. The van der Waals surface area contributed by atoms with Gasteiger partial charge in [0.15, 0.2) is 6.10 Å². The summed E-state index contributed by atoms with van der Waals surface area (Å²) in [5.74, 6) is -0.562. The van der Waals surface area contributed by atoms with Gasteiger partial charge < -0.3 is 24.4 Å². The summed E-state index contributed by atoms with van der Waals surface area (Å²) < 4.78 is 16.7. The molecule has 2 aromatic carbocycles. The standard InChI is InChI=1S/C21H20N2O6/c24-20(15-9-5-2-6-10-15)29-23-16-12-26-19-17(13-27-18(16)19)28-21(25)22-11-14-7-3-1-4-8-14/h1-10,17-19H,11-13H2,(H,22,25)/b23-16+/t17-,18+,19+/m0/s1. The number of hydrogen-bond donors (Lipinski definition) is 1. The lowest BCUT2D eigenvalue weighted by Gasteiger charge is -2.16. The van der Waals surface area contributed by atoms with Crippen molar-refractivity contribution in [3.63, 3.8) is 0 Å². The fourth-order valence-electron chi connectivity index (χ4n) is 3.18. The van der Waals surface area contributed by atoms with E-state index < -0.39 is 30.4 Å². The maximum Gasteiger partial charge on any atom is 0.407 e. The summed E-state index contributed by atoms with van der Waals surface area (Å²) in [4.78, 5) is 29.1. The lowest BCUT2D eigenvalue weighted by Crippen LogP contribution is -2.36. The molecule has 0 radical (unpaired) electrons. The second kappa shape index (κ2) is 8.85. The van der Waals surface area contributed by atoms with Gasteiger partial charge in [0.2, 0.25) is 0 Å². The van der Waals surface area contributed by atoms with E-state index in [1.165, 1.54) is 0 Å². The first kappa shape index (κ1) is 19.1. The maximum atomic E-state index is 12.1. The minimum absolute atomic E-state index is 0.142. The van der Waals surface area contributed by atoms with Crippen LogP contribution in [0.15, 0.2) is 65.8 Å². The number of carbonyl (C=O) groups excluding carboxylic acids is 2. The summed E-state index contributed by atoms with van der Waals surface area (Å²) >= 11 is 0. The number of ether oxygens (including phenoxy) is 3. The van der Waals surface area contributed by atoms with Crippen molar-refractivity contribution in [3.8, 4) is 0 Å². The molecule has 0 bridgehead atoms. The Labute approximate surface area is 167 Å². The molecule has 2 saturated heterocycles. The van der Waals surface area contributed by atoms with E-state index in [4.69, 9.17) is 19.0 Å². The number of rotatable bonds is 5. The number of oxime groups is 1. The molecule has 2 aromatic rings. The van der Waals surface area contributed by atoms with E-state index in [0.29, 0.717) is 17.8 Å². The molecule has 0 aromatic heterocycles. The molecule has 1 amide bonds. The van der Waals surface area contributed by atoms with Gasteiger partial charge in [-0.3, -0.25) is 0 Å². The zero-order chi connectivity index (χ0) is 20.1. The second-order valence-electron chi connectivity index (χ2n) is 6.64. The smallest absolute Gasteiger partial charge is 0.407 e. The molecule has 1 N–H and O–H groups in total. The quantitative estimate of drug-likeness (QED) is 0.616. The van der Waals surface area contributed by atoms with Crippen LogP contribution in [0, 0.1) is 0 Å². The molecular weight excluding hydrogens is 376 g/mol. The first-order valence-corrected chi connectivity index (χ1v) is 9.25. The van der Waals surface area contributed by atoms with Crippen molar-refractivity contribution in [2.45, 2.75) is 24.9 Å². The number of amides is 1. The number of benzene rings is 2. The van der Waals surface area contributed by atoms with Gasteiger partial charge in [-0.25, -0.2) is 9.59 Å². The van der Waals surface area contributed by atoms with Crippen molar-refractivity contribution < 1.29 is 28.6 Å². The maximum absolute atomic E-state index is 12.1. The zero-order valence-corrected chi connectivity index (χ0v) is 15.5. The van der Waals surface area contributed by atoms with Crippen LogP contribution in [0.3, 0.4) is 0 Å². The molecule has 0 aliphatic carbocycles. The van der Waals surface area contributed by atoms with Gasteiger partial charge in [-0.1, -0.05) is 53.7 Å². The predicted octanol–water partition coefficient (Wildman–Crippen LogP) is 2.29.